The van der Waals surface area contributed by atoms with Crippen molar-refractivity contribution >= 4 is 21.6 Å². The first kappa shape index (κ1) is 17.2. The smallest absolute Gasteiger partial charge is 0.306 e. The third kappa shape index (κ3) is 2.83. The largest absolute Gasteiger partial charge is 0.329 e. The number of piperidine rings is 1. The molecule has 136 valence electrons. The Balaban J connectivity index is 1.93. The maximum atomic E-state index is 13.3. The fraction of sp³-hybridized carbons (Fsp3) is 0.400. The molecule has 1 saturated heterocycles. The zero-order valence-electron chi connectivity index (χ0n) is 15.3. The minimum atomic E-state index is -0.284. The van der Waals surface area contributed by atoms with Gasteiger partial charge < -0.3 is 4.90 Å². The summed E-state index contributed by atoms with van der Waals surface area (Å²) in [7, 11) is 2.07. The second-order valence-electron chi connectivity index (χ2n) is 7.24. The number of aromatic nitrogens is 2. The van der Waals surface area contributed by atoms with E-state index in [2.05, 4.69) is 29.1 Å². The number of hydrogen-bond acceptors (Lipinski definition) is 4. The molecule has 2 aromatic heterocycles. The molecule has 1 aromatic carbocycles. The number of benzene rings is 1. The van der Waals surface area contributed by atoms with Crippen LogP contribution in [0.5, 0.6) is 0 Å². The van der Waals surface area contributed by atoms with Crippen molar-refractivity contribution in [3.8, 4) is 11.1 Å². The third-order valence-electron chi connectivity index (χ3n) is 5.35. The topological polar surface area (TPSA) is 58.1 Å². The number of nitrogens with one attached hydrogen (secondary N) is 1. The molecule has 0 radical (unpaired) electrons. The normalized spacial score (nSPS) is 16.4. The van der Waals surface area contributed by atoms with Crippen LogP contribution >= 0.6 is 11.3 Å². The summed E-state index contributed by atoms with van der Waals surface area (Å²) in [5.41, 5.74) is 2.72. The maximum absolute atomic E-state index is 13.3. The lowest BCUT2D eigenvalue weighted by molar-refractivity contribution is 0.216. The number of rotatable bonds is 2. The van der Waals surface area contributed by atoms with Crippen LogP contribution in [0.15, 0.2) is 33.9 Å². The highest BCUT2D eigenvalue weighted by atomic mass is 32.1. The minimum absolute atomic E-state index is 0.0297. The molecule has 1 N–H and O–H groups in total. The van der Waals surface area contributed by atoms with E-state index in [4.69, 9.17) is 0 Å². The van der Waals surface area contributed by atoms with Gasteiger partial charge in [-0.2, -0.15) is 0 Å². The van der Waals surface area contributed by atoms with E-state index in [1.165, 1.54) is 21.5 Å². The summed E-state index contributed by atoms with van der Waals surface area (Å²) < 4.78 is 1.46. The van der Waals surface area contributed by atoms with Crippen molar-refractivity contribution in [2.24, 2.45) is 0 Å². The molecule has 0 unspecified atom stereocenters. The van der Waals surface area contributed by atoms with Crippen LogP contribution in [0.3, 0.4) is 0 Å². The summed E-state index contributed by atoms with van der Waals surface area (Å²) >= 11 is 1.48. The third-order valence-corrected chi connectivity index (χ3v) is 6.37. The van der Waals surface area contributed by atoms with E-state index < -0.39 is 0 Å². The van der Waals surface area contributed by atoms with E-state index in [0.29, 0.717) is 10.2 Å². The van der Waals surface area contributed by atoms with Crippen LogP contribution in [0.2, 0.25) is 0 Å². The molecule has 3 heterocycles. The summed E-state index contributed by atoms with van der Waals surface area (Å²) in [6.07, 6.45) is 1.65. The zero-order valence-corrected chi connectivity index (χ0v) is 16.2. The van der Waals surface area contributed by atoms with Gasteiger partial charge in [0.1, 0.15) is 4.83 Å². The number of hydrogen-bond donors (Lipinski definition) is 1. The van der Waals surface area contributed by atoms with Crippen LogP contribution in [0.1, 0.15) is 29.3 Å². The van der Waals surface area contributed by atoms with Crippen molar-refractivity contribution in [2.75, 3.05) is 20.1 Å². The van der Waals surface area contributed by atoms with Crippen molar-refractivity contribution in [1.29, 1.82) is 0 Å². The van der Waals surface area contributed by atoms with Crippen LogP contribution in [0, 0.1) is 13.8 Å². The predicted octanol–water partition coefficient (Wildman–Crippen LogP) is 3.30. The number of aromatic amines is 1. The Hall–Kier alpha value is -2.18. The predicted molar refractivity (Wildman–Crippen MR) is 107 cm³/mol. The molecule has 1 aliphatic heterocycles. The van der Waals surface area contributed by atoms with Crippen molar-refractivity contribution < 1.29 is 0 Å². The molecule has 0 atom stereocenters. The summed E-state index contributed by atoms with van der Waals surface area (Å²) in [6.45, 7) is 5.87. The SMILES string of the molecule is Cc1ccc(-c2c(C)sc3[nH]c(=O)n(C4CCN(C)CC4)c(=O)c23)cc1. The Morgan fingerprint density at radius 1 is 1.08 bits per heavy atom. The fourth-order valence-electron chi connectivity index (χ4n) is 3.86. The summed E-state index contributed by atoms with van der Waals surface area (Å²) in [5.74, 6) is 0. The summed E-state index contributed by atoms with van der Waals surface area (Å²) in [4.78, 5) is 32.9. The van der Waals surface area contributed by atoms with Crippen molar-refractivity contribution in [3.63, 3.8) is 0 Å². The quantitative estimate of drug-likeness (QED) is 0.754. The van der Waals surface area contributed by atoms with Gasteiger partial charge in [0.25, 0.3) is 5.56 Å². The molecule has 0 aliphatic carbocycles. The second kappa shape index (κ2) is 6.52. The molecule has 5 nitrogen and oxygen atoms in total. The molecule has 0 saturated carbocycles. The van der Waals surface area contributed by atoms with Gasteiger partial charge in [-0.05, 0) is 52.4 Å². The Morgan fingerprint density at radius 2 is 1.73 bits per heavy atom. The van der Waals surface area contributed by atoms with E-state index in [0.717, 1.165) is 41.9 Å². The van der Waals surface area contributed by atoms with Crippen molar-refractivity contribution in [3.05, 3.63) is 55.5 Å². The fourth-order valence-corrected chi connectivity index (χ4v) is 4.92. The van der Waals surface area contributed by atoms with Crippen LogP contribution in [0.4, 0.5) is 0 Å². The Labute approximate surface area is 155 Å². The van der Waals surface area contributed by atoms with E-state index in [9.17, 15) is 9.59 Å². The molecule has 26 heavy (non-hydrogen) atoms. The van der Waals surface area contributed by atoms with E-state index >= 15 is 0 Å². The molecular formula is C20H23N3O2S. The number of nitrogens with zero attached hydrogens (tertiary/aromatic N) is 2. The second-order valence-corrected chi connectivity index (χ2v) is 8.47. The van der Waals surface area contributed by atoms with Crippen LogP contribution in [-0.4, -0.2) is 34.6 Å². The minimum Gasteiger partial charge on any atom is -0.306 e. The number of likely N-dealkylation sites (tertiary alicyclic amines) is 1. The first-order chi connectivity index (χ1) is 12.5. The molecular weight excluding hydrogens is 346 g/mol. The monoisotopic (exact) mass is 369 g/mol. The highest BCUT2D eigenvalue weighted by Crippen LogP contribution is 2.35. The van der Waals surface area contributed by atoms with Crippen molar-refractivity contribution in [2.45, 2.75) is 32.7 Å². The van der Waals surface area contributed by atoms with Gasteiger partial charge in [0.15, 0.2) is 0 Å². The van der Waals surface area contributed by atoms with Crippen LogP contribution < -0.4 is 11.2 Å². The highest BCUT2D eigenvalue weighted by Gasteiger charge is 2.24. The molecule has 0 spiro atoms. The Bertz CT molecular complexity index is 1070. The summed E-state index contributed by atoms with van der Waals surface area (Å²) in [6, 6.07) is 8.18. The van der Waals surface area contributed by atoms with Gasteiger partial charge >= 0.3 is 5.69 Å². The molecule has 3 aromatic rings. The molecule has 0 bridgehead atoms. The van der Waals surface area contributed by atoms with Gasteiger partial charge in [-0.15, -0.1) is 11.3 Å². The highest BCUT2D eigenvalue weighted by molar-refractivity contribution is 7.19. The lowest BCUT2D eigenvalue weighted by atomic mass is 10.0. The van der Waals surface area contributed by atoms with Gasteiger partial charge in [-0.25, -0.2) is 4.79 Å². The number of thiophene rings is 1. The number of aryl methyl sites for hydroxylation is 2. The average molecular weight is 369 g/mol. The Morgan fingerprint density at radius 3 is 2.38 bits per heavy atom. The number of H-pyrrole nitrogens is 1. The average Bonchev–Trinajstić information content (AvgIpc) is 2.93. The molecule has 4 rings (SSSR count). The standard InChI is InChI=1S/C20H23N3O2S/c1-12-4-6-14(7-5-12)16-13(2)26-18-17(16)19(24)23(20(25)21-18)15-8-10-22(3)11-9-15/h4-7,15H,8-11H2,1-3H3,(H,21,25). The van der Waals surface area contributed by atoms with Gasteiger partial charge in [0, 0.05) is 16.5 Å². The van der Waals surface area contributed by atoms with Crippen molar-refractivity contribution in [1.82, 2.24) is 14.5 Å². The first-order valence-corrected chi connectivity index (χ1v) is 9.81. The number of fused-ring (bicyclic) bond motifs is 1. The van der Waals surface area contributed by atoms with Crippen LogP contribution in [-0.2, 0) is 0 Å². The van der Waals surface area contributed by atoms with Gasteiger partial charge in [-0.1, -0.05) is 29.8 Å². The van der Waals surface area contributed by atoms with Gasteiger partial charge in [-0.3, -0.25) is 14.3 Å². The lowest BCUT2D eigenvalue weighted by Gasteiger charge is -2.29. The molecule has 6 heteroatoms. The molecule has 1 fully saturated rings. The maximum Gasteiger partial charge on any atom is 0.329 e. The Kier molecular flexibility index (Phi) is 4.32. The first-order valence-electron chi connectivity index (χ1n) is 8.99. The molecule has 1 aliphatic rings. The zero-order chi connectivity index (χ0) is 18.4. The van der Waals surface area contributed by atoms with Crippen LogP contribution in [0.25, 0.3) is 21.3 Å². The van der Waals surface area contributed by atoms with E-state index in [-0.39, 0.29) is 17.3 Å². The molecule has 0 amide bonds. The van der Waals surface area contributed by atoms with E-state index in [1.807, 2.05) is 26.0 Å². The van der Waals surface area contributed by atoms with Gasteiger partial charge in [0.2, 0.25) is 0 Å². The van der Waals surface area contributed by atoms with Gasteiger partial charge in [0.05, 0.1) is 5.39 Å². The lowest BCUT2D eigenvalue weighted by Crippen LogP contribution is -2.42. The van der Waals surface area contributed by atoms with E-state index in [1.54, 1.807) is 0 Å². The summed E-state index contributed by atoms with van der Waals surface area (Å²) in [5, 5.41) is 0.648.